The van der Waals surface area contributed by atoms with Gasteiger partial charge in [0.05, 0.1) is 11.7 Å². The summed E-state index contributed by atoms with van der Waals surface area (Å²) in [4.78, 5) is 0. The number of aliphatic hydroxyl groups is 1. The second-order valence-electron chi connectivity index (χ2n) is 1.96. The molecule has 1 atom stereocenters. The molecule has 58 valence electrons. The average Bonchev–Trinajstić information content (AvgIpc) is 2.12. The van der Waals surface area contributed by atoms with Crippen molar-refractivity contribution in [1.82, 2.24) is 0 Å². The van der Waals surface area contributed by atoms with E-state index in [1.807, 2.05) is 6.92 Å². The van der Waals surface area contributed by atoms with Crippen LogP contribution in [0.15, 0.2) is 11.3 Å². The summed E-state index contributed by atoms with van der Waals surface area (Å²) in [6.45, 7) is 2.08. The number of hydrogen-bond acceptors (Lipinski definition) is 2. The Kier molecular flexibility index (Phi) is 3.71. The molecular formula is C7H8O2Pt. The Balaban J connectivity index is 0.000000810. The van der Waals surface area contributed by atoms with E-state index in [1.165, 1.54) is 0 Å². The fraction of sp³-hybridized carbons (Fsp3) is 0.429. The maximum atomic E-state index is 8.97. The van der Waals surface area contributed by atoms with Crippen LogP contribution in [0.3, 0.4) is 0 Å². The zero-order valence-corrected chi connectivity index (χ0v) is 7.81. The normalized spacial score (nSPS) is 23.8. The largest absolute Gasteiger partial charge is 0.509 e. The van der Waals surface area contributed by atoms with Crippen molar-refractivity contribution in [3.8, 4) is 12.3 Å². The van der Waals surface area contributed by atoms with E-state index < -0.39 is 0 Å². The molecule has 1 aliphatic rings. The van der Waals surface area contributed by atoms with E-state index in [0.29, 0.717) is 5.57 Å². The van der Waals surface area contributed by atoms with Crippen LogP contribution in [0.2, 0.25) is 0 Å². The quantitative estimate of drug-likeness (QED) is 0.671. The molecule has 0 bridgehead atoms. The summed E-state index contributed by atoms with van der Waals surface area (Å²) >= 11 is 0. The Hall–Kier alpha value is -0.252. The van der Waals surface area contributed by atoms with Crippen molar-refractivity contribution in [3.63, 3.8) is 0 Å². The molecule has 0 aromatic rings. The van der Waals surface area contributed by atoms with Gasteiger partial charge in [-0.15, -0.1) is 6.42 Å². The molecule has 0 aliphatic carbocycles. The second kappa shape index (κ2) is 3.81. The van der Waals surface area contributed by atoms with Crippen LogP contribution in [-0.2, 0) is 25.8 Å². The Morgan fingerprint density at radius 2 is 2.40 bits per heavy atom. The molecule has 1 unspecified atom stereocenters. The molecule has 3 heteroatoms. The van der Waals surface area contributed by atoms with Crippen LogP contribution in [0.4, 0.5) is 0 Å². The Labute approximate surface area is 74.5 Å². The first-order valence-electron chi connectivity index (χ1n) is 2.76. The third-order valence-corrected chi connectivity index (χ3v) is 1.34. The monoisotopic (exact) mass is 319 g/mol. The maximum Gasteiger partial charge on any atom is 0.132 e. The SMILES string of the molecule is C#CC1=C(O)COC1C.[Pt]. The summed E-state index contributed by atoms with van der Waals surface area (Å²) in [6, 6.07) is 0. The van der Waals surface area contributed by atoms with Crippen molar-refractivity contribution in [1.29, 1.82) is 0 Å². The Morgan fingerprint density at radius 3 is 2.60 bits per heavy atom. The topological polar surface area (TPSA) is 29.5 Å². The van der Waals surface area contributed by atoms with E-state index in [1.54, 1.807) is 0 Å². The molecule has 0 saturated heterocycles. The van der Waals surface area contributed by atoms with Crippen molar-refractivity contribution in [2.75, 3.05) is 6.61 Å². The number of terminal acetylenes is 1. The summed E-state index contributed by atoms with van der Waals surface area (Å²) in [6.07, 6.45) is 4.96. The number of hydrogen-bond donors (Lipinski definition) is 1. The molecule has 0 radical (unpaired) electrons. The van der Waals surface area contributed by atoms with Gasteiger partial charge in [0.1, 0.15) is 12.4 Å². The zero-order valence-electron chi connectivity index (χ0n) is 5.53. The molecular weight excluding hydrogens is 311 g/mol. The van der Waals surface area contributed by atoms with Gasteiger partial charge in [-0.1, -0.05) is 5.92 Å². The van der Waals surface area contributed by atoms with Crippen molar-refractivity contribution in [2.24, 2.45) is 0 Å². The molecule has 10 heavy (non-hydrogen) atoms. The van der Waals surface area contributed by atoms with E-state index in [-0.39, 0.29) is 39.5 Å². The summed E-state index contributed by atoms with van der Waals surface area (Å²) in [5.41, 5.74) is 0.579. The fourth-order valence-corrected chi connectivity index (χ4v) is 0.800. The van der Waals surface area contributed by atoms with E-state index in [4.69, 9.17) is 16.3 Å². The zero-order chi connectivity index (χ0) is 6.85. The van der Waals surface area contributed by atoms with Crippen molar-refractivity contribution in [2.45, 2.75) is 13.0 Å². The maximum absolute atomic E-state index is 8.97. The van der Waals surface area contributed by atoms with Gasteiger partial charge >= 0.3 is 0 Å². The number of aliphatic hydroxyl groups excluding tert-OH is 1. The van der Waals surface area contributed by atoms with E-state index in [9.17, 15) is 0 Å². The Bertz CT molecular complexity index is 190. The first-order chi connectivity index (χ1) is 4.25. The predicted molar refractivity (Wildman–Crippen MR) is 33.9 cm³/mol. The van der Waals surface area contributed by atoms with Crippen LogP contribution in [0, 0.1) is 12.3 Å². The van der Waals surface area contributed by atoms with Gasteiger partial charge in [-0.25, -0.2) is 0 Å². The molecule has 0 spiro atoms. The van der Waals surface area contributed by atoms with Gasteiger partial charge < -0.3 is 9.84 Å². The minimum Gasteiger partial charge on any atom is -0.509 e. The van der Waals surface area contributed by atoms with Crippen LogP contribution >= 0.6 is 0 Å². The van der Waals surface area contributed by atoms with E-state index in [2.05, 4.69) is 5.92 Å². The van der Waals surface area contributed by atoms with Crippen molar-refractivity contribution >= 4 is 0 Å². The van der Waals surface area contributed by atoms with Crippen LogP contribution in [-0.4, -0.2) is 17.8 Å². The van der Waals surface area contributed by atoms with Crippen LogP contribution < -0.4 is 0 Å². The van der Waals surface area contributed by atoms with E-state index >= 15 is 0 Å². The standard InChI is InChI=1S/C7H8O2.Pt/c1-3-6-5(2)9-4-7(6)8;/h1,5,8H,4H2,2H3;. The van der Waals surface area contributed by atoms with Crippen LogP contribution in [0.1, 0.15) is 6.92 Å². The van der Waals surface area contributed by atoms with E-state index in [0.717, 1.165) is 0 Å². The molecule has 1 heterocycles. The average molecular weight is 319 g/mol. The van der Waals surface area contributed by atoms with Gasteiger partial charge in [0, 0.05) is 21.1 Å². The van der Waals surface area contributed by atoms with Gasteiger partial charge in [0.15, 0.2) is 0 Å². The van der Waals surface area contributed by atoms with Crippen LogP contribution in [0.25, 0.3) is 0 Å². The number of ether oxygens (including phenoxy) is 1. The fourth-order valence-electron chi connectivity index (χ4n) is 0.800. The first kappa shape index (κ1) is 9.75. The van der Waals surface area contributed by atoms with Crippen molar-refractivity contribution in [3.05, 3.63) is 11.3 Å². The third kappa shape index (κ3) is 1.62. The summed E-state index contributed by atoms with van der Waals surface area (Å²) in [5.74, 6) is 2.57. The molecule has 0 fully saturated rings. The van der Waals surface area contributed by atoms with Gasteiger partial charge in [-0.2, -0.15) is 0 Å². The predicted octanol–water partition coefficient (Wildman–Crippen LogP) is 0.848. The summed E-state index contributed by atoms with van der Waals surface area (Å²) in [7, 11) is 0. The van der Waals surface area contributed by atoms with Gasteiger partial charge in [-0.3, -0.25) is 0 Å². The van der Waals surface area contributed by atoms with Gasteiger partial charge in [-0.05, 0) is 6.92 Å². The molecule has 0 aromatic heterocycles. The second-order valence-corrected chi connectivity index (χ2v) is 1.96. The third-order valence-electron chi connectivity index (χ3n) is 1.34. The van der Waals surface area contributed by atoms with Crippen LogP contribution in [0.5, 0.6) is 0 Å². The molecule has 0 amide bonds. The molecule has 2 nitrogen and oxygen atoms in total. The molecule has 0 saturated carbocycles. The molecule has 0 aromatic carbocycles. The Morgan fingerprint density at radius 1 is 1.80 bits per heavy atom. The molecule has 1 rings (SSSR count). The minimum atomic E-state index is -0.102. The van der Waals surface area contributed by atoms with Gasteiger partial charge in [0.2, 0.25) is 0 Å². The minimum absolute atomic E-state index is 0. The number of rotatable bonds is 0. The summed E-state index contributed by atoms with van der Waals surface area (Å²) in [5, 5.41) is 8.97. The van der Waals surface area contributed by atoms with Crippen molar-refractivity contribution < 1.29 is 30.9 Å². The van der Waals surface area contributed by atoms with Gasteiger partial charge in [0.25, 0.3) is 0 Å². The first-order valence-corrected chi connectivity index (χ1v) is 2.76. The smallest absolute Gasteiger partial charge is 0.132 e. The summed E-state index contributed by atoms with van der Waals surface area (Å²) < 4.78 is 5.00. The molecule has 1 N–H and O–H groups in total. The molecule has 1 aliphatic heterocycles.